The quantitative estimate of drug-likeness (QED) is 0.170. The monoisotopic (exact) mass is 545 g/mol. The van der Waals surface area contributed by atoms with E-state index in [9.17, 15) is 13.2 Å². The number of unbranched alkanes of at least 4 members (excludes halogenated alkanes) is 4. The summed E-state index contributed by atoms with van der Waals surface area (Å²) < 4.78 is 51.0. The number of benzene rings is 1. The van der Waals surface area contributed by atoms with Crippen molar-refractivity contribution in [2.45, 2.75) is 83.1 Å². The summed E-state index contributed by atoms with van der Waals surface area (Å²) in [7, 11) is -3.73. The summed E-state index contributed by atoms with van der Waals surface area (Å²) in [6.45, 7) is 11.7. The third-order valence-corrected chi connectivity index (χ3v) is 6.39. The fourth-order valence-electron chi connectivity index (χ4n) is 3.11. The molecular formula is C27H47NO8S. The number of amides is 1. The zero-order valence-electron chi connectivity index (χ0n) is 23.1. The minimum Gasteiger partial charge on any atom is -0.444 e. The summed E-state index contributed by atoms with van der Waals surface area (Å²) in [4.78, 5) is 11.7. The number of carbonyl (C=O) groups is 1. The lowest BCUT2D eigenvalue weighted by Gasteiger charge is -2.19. The van der Waals surface area contributed by atoms with Gasteiger partial charge in [0.05, 0.1) is 18.1 Å². The van der Waals surface area contributed by atoms with Crippen LogP contribution in [-0.2, 0) is 33.2 Å². The Labute approximate surface area is 223 Å². The first-order valence-corrected chi connectivity index (χ1v) is 14.7. The van der Waals surface area contributed by atoms with Gasteiger partial charge in [0.25, 0.3) is 10.1 Å². The van der Waals surface area contributed by atoms with E-state index >= 15 is 0 Å². The molecule has 0 aromatic heterocycles. The van der Waals surface area contributed by atoms with Gasteiger partial charge in [-0.05, 0) is 84.8 Å². The average molecular weight is 546 g/mol. The molecule has 0 saturated heterocycles. The molecular weight excluding hydrogens is 498 g/mol. The number of carbonyl (C=O) groups excluding carboxylic acids is 1. The first kappa shape index (κ1) is 33.3. The Kier molecular flexibility index (Phi) is 17.4. The maximum Gasteiger partial charge on any atom is 0.407 e. The Morgan fingerprint density at radius 1 is 0.730 bits per heavy atom. The highest BCUT2D eigenvalue weighted by molar-refractivity contribution is 7.86. The summed E-state index contributed by atoms with van der Waals surface area (Å²) >= 11 is 0. The highest BCUT2D eigenvalue weighted by Crippen LogP contribution is 2.13. The average Bonchev–Trinajstić information content (AvgIpc) is 2.82. The van der Waals surface area contributed by atoms with Gasteiger partial charge in [-0.25, -0.2) is 4.79 Å². The van der Waals surface area contributed by atoms with Gasteiger partial charge in [-0.3, -0.25) is 4.18 Å². The fourth-order valence-corrected chi connectivity index (χ4v) is 4.00. The van der Waals surface area contributed by atoms with Gasteiger partial charge in [0.2, 0.25) is 0 Å². The van der Waals surface area contributed by atoms with E-state index in [0.29, 0.717) is 26.4 Å². The van der Waals surface area contributed by atoms with Crippen LogP contribution in [0.1, 0.15) is 71.3 Å². The van der Waals surface area contributed by atoms with Crippen LogP contribution in [-0.4, -0.2) is 72.9 Å². The van der Waals surface area contributed by atoms with Crippen molar-refractivity contribution in [3.63, 3.8) is 0 Å². The molecule has 9 nitrogen and oxygen atoms in total. The molecule has 1 aromatic rings. The van der Waals surface area contributed by atoms with Crippen LogP contribution in [0.2, 0.25) is 0 Å². The summed E-state index contributed by atoms with van der Waals surface area (Å²) in [5.41, 5.74) is 0.527. The summed E-state index contributed by atoms with van der Waals surface area (Å²) in [5, 5.41) is 2.76. The Bertz CT molecular complexity index is 822. The number of ether oxygens (including phenoxy) is 4. The smallest absolute Gasteiger partial charge is 0.407 e. The van der Waals surface area contributed by atoms with E-state index < -0.39 is 15.7 Å². The van der Waals surface area contributed by atoms with E-state index in [1.807, 2.05) is 27.7 Å². The largest absolute Gasteiger partial charge is 0.444 e. The first-order valence-electron chi connectivity index (χ1n) is 13.3. The van der Waals surface area contributed by atoms with Gasteiger partial charge < -0.3 is 24.3 Å². The van der Waals surface area contributed by atoms with Crippen LogP contribution in [0.15, 0.2) is 29.2 Å². The predicted molar refractivity (Wildman–Crippen MR) is 143 cm³/mol. The molecule has 1 amide bonds. The van der Waals surface area contributed by atoms with Gasteiger partial charge in [-0.15, -0.1) is 0 Å². The third kappa shape index (κ3) is 19.1. The van der Waals surface area contributed by atoms with Gasteiger partial charge in [-0.1, -0.05) is 17.7 Å². The SMILES string of the molecule is Cc1ccc(S(=O)(=O)OCCOCCCCOCCCCOCCCCCNC(=O)OC(C)(C)C)cc1. The molecule has 10 heteroatoms. The fraction of sp³-hybridized carbons (Fsp3) is 0.741. The highest BCUT2D eigenvalue weighted by Gasteiger charge is 2.15. The molecule has 0 heterocycles. The minimum absolute atomic E-state index is 0.0000874. The second-order valence-electron chi connectivity index (χ2n) is 9.83. The van der Waals surface area contributed by atoms with E-state index in [1.165, 1.54) is 12.1 Å². The van der Waals surface area contributed by atoms with Crippen LogP contribution in [0.4, 0.5) is 4.79 Å². The van der Waals surface area contributed by atoms with Crippen LogP contribution < -0.4 is 5.32 Å². The predicted octanol–water partition coefficient (Wildman–Crippen LogP) is 5.01. The number of nitrogens with one attached hydrogen (secondary N) is 1. The van der Waals surface area contributed by atoms with Gasteiger partial charge in [-0.2, -0.15) is 8.42 Å². The molecule has 37 heavy (non-hydrogen) atoms. The van der Waals surface area contributed by atoms with Crippen LogP contribution in [0.3, 0.4) is 0 Å². The molecule has 0 unspecified atom stereocenters. The highest BCUT2D eigenvalue weighted by atomic mass is 32.2. The Balaban J connectivity index is 1.80. The number of hydrogen-bond donors (Lipinski definition) is 1. The van der Waals surface area contributed by atoms with Crippen LogP contribution in [0.25, 0.3) is 0 Å². The normalized spacial score (nSPS) is 12.0. The number of hydrogen-bond acceptors (Lipinski definition) is 8. The van der Waals surface area contributed by atoms with E-state index in [-0.39, 0.29) is 24.2 Å². The molecule has 1 aromatic carbocycles. The van der Waals surface area contributed by atoms with E-state index in [1.54, 1.807) is 12.1 Å². The van der Waals surface area contributed by atoms with Gasteiger partial charge in [0.15, 0.2) is 0 Å². The zero-order chi connectivity index (χ0) is 27.4. The summed E-state index contributed by atoms with van der Waals surface area (Å²) in [5.74, 6) is 0. The third-order valence-electron chi connectivity index (χ3n) is 5.06. The minimum atomic E-state index is -3.73. The van der Waals surface area contributed by atoms with Crippen LogP contribution >= 0.6 is 0 Å². The number of aryl methyl sites for hydroxylation is 1. The first-order chi connectivity index (χ1) is 17.6. The second-order valence-corrected chi connectivity index (χ2v) is 11.4. The lowest BCUT2D eigenvalue weighted by atomic mass is 10.2. The topological polar surface area (TPSA) is 109 Å². The molecule has 0 aliphatic carbocycles. The lowest BCUT2D eigenvalue weighted by Crippen LogP contribution is -2.33. The molecule has 0 atom stereocenters. The van der Waals surface area contributed by atoms with Crippen molar-refractivity contribution in [2.75, 3.05) is 52.8 Å². The summed E-state index contributed by atoms with van der Waals surface area (Å²) in [6, 6.07) is 6.56. The van der Waals surface area contributed by atoms with Gasteiger partial charge in [0, 0.05) is 39.6 Å². The zero-order valence-corrected chi connectivity index (χ0v) is 23.9. The number of alkyl carbamates (subject to hydrolysis) is 1. The molecule has 0 fully saturated rings. The van der Waals surface area contributed by atoms with Crippen molar-refractivity contribution in [3.05, 3.63) is 29.8 Å². The molecule has 1 rings (SSSR count). The second kappa shape index (κ2) is 19.4. The maximum atomic E-state index is 12.1. The Morgan fingerprint density at radius 2 is 1.22 bits per heavy atom. The van der Waals surface area contributed by atoms with Crippen molar-refractivity contribution in [1.29, 1.82) is 0 Å². The maximum absolute atomic E-state index is 12.1. The lowest BCUT2D eigenvalue weighted by molar-refractivity contribution is 0.0526. The van der Waals surface area contributed by atoms with Crippen LogP contribution in [0.5, 0.6) is 0 Å². The van der Waals surface area contributed by atoms with Gasteiger partial charge >= 0.3 is 6.09 Å². The van der Waals surface area contributed by atoms with Crippen molar-refractivity contribution >= 4 is 16.2 Å². The standard InChI is InChI=1S/C27H47NO8S/c1-24-12-14-25(15-13-24)37(30,31)35-23-22-34-21-11-10-20-33-19-9-8-18-32-17-7-5-6-16-28-26(29)36-27(2,3)4/h12-15H,5-11,16-23H2,1-4H3,(H,28,29). The Hall–Kier alpha value is -1.72. The van der Waals surface area contributed by atoms with Crippen molar-refractivity contribution in [2.24, 2.45) is 0 Å². The van der Waals surface area contributed by atoms with E-state index in [4.69, 9.17) is 23.1 Å². The molecule has 0 spiro atoms. The molecule has 0 aliphatic rings. The van der Waals surface area contributed by atoms with Gasteiger partial charge in [0.1, 0.15) is 5.60 Å². The molecule has 0 aliphatic heterocycles. The van der Waals surface area contributed by atoms with Crippen molar-refractivity contribution < 1.29 is 36.3 Å². The molecule has 0 radical (unpaired) electrons. The summed E-state index contributed by atoms with van der Waals surface area (Å²) in [6.07, 6.45) is 6.19. The van der Waals surface area contributed by atoms with Crippen molar-refractivity contribution in [1.82, 2.24) is 5.32 Å². The Morgan fingerprint density at radius 3 is 1.73 bits per heavy atom. The molecule has 0 saturated carbocycles. The molecule has 1 N–H and O–H groups in total. The number of rotatable bonds is 21. The van der Waals surface area contributed by atoms with Crippen LogP contribution in [0, 0.1) is 6.92 Å². The van der Waals surface area contributed by atoms with Crippen molar-refractivity contribution in [3.8, 4) is 0 Å². The molecule has 214 valence electrons. The van der Waals surface area contributed by atoms with E-state index in [0.717, 1.165) is 63.7 Å². The molecule has 0 bridgehead atoms. The van der Waals surface area contributed by atoms with E-state index in [2.05, 4.69) is 5.32 Å².